The van der Waals surface area contributed by atoms with Crippen molar-refractivity contribution in [1.82, 2.24) is 30.6 Å². The van der Waals surface area contributed by atoms with Gasteiger partial charge < -0.3 is 10.6 Å². The molecule has 37 heavy (non-hydrogen) atoms. The highest BCUT2D eigenvalue weighted by Gasteiger charge is 2.04. The minimum absolute atomic E-state index is 0.863. The van der Waals surface area contributed by atoms with Gasteiger partial charge in [0, 0.05) is 37.9 Å². The fourth-order valence-corrected chi connectivity index (χ4v) is 4.30. The highest BCUT2D eigenvalue weighted by Crippen LogP contribution is 2.17. The first-order chi connectivity index (χ1) is 18.2. The van der Waals surface area contributed by atoms with E-state index in [4.69, 9.17) is 0 Å². The van der Waals surface area contributed by atoms with Crippen LogP contribution in [0.15, 0.2) is 73.3 Å². The summed E-state index contributed by atoms with van der Waals surface area (Å²) in [5.74, 6) is 0. The van der Waals surface area contributed by atoms with Crippen molar-refractivity contribution in [3.8, 4) is 22.8 Å². The summed E-state index contributed by atoms with van der Waals surface area (Å²) in [5.41, 5.74) is 8.62. The largest absolute Gasteiger partial charge is 0.313 e. The van der Waals surface area contributed by atoms with E-state index in [2.05, 4.69) is 80.8 Å². The zero-order chi connectivity index (χ0) is 25.7. The Morgan fingerprint density at radius 2 is 0.865 bits per heavy atom. The zero-order valence-electron chi connectivity index (χ0n) is 22.1. The van der Waals surface area contributed by atoms with E-state index in [1.807, 2.05) is 36.9 Å². The molecule has 0 atom stereocenters. The second-order valence-corrected chi connectivity index (χ2v) is 9.66. The Balaban J connectivity index is 1.05. The highest BCUT2D eigenvalue weighted by molar-refractivity contribution is 5.56. The van der Waals surface area contributed by atoms with Crippen LogP contribution in [-0.4, -0.2) is 33.0 Å². The summed E-state index contributed by atoms with van der Waals surface area (Å²) in [6.07, 6.45) is 13.6. The highest BCUT2D eigenvalue weighted by atomic mass is 14.9. The monoisotopic (exact) mass is 494 g/mol. The average Bonchev–Trinajstić information content (AvgIpc) is 2.92. The van der Waals surface area contributed by atoms with Gasteiger partial charge in [0.25, 0.3) is 0 Å². The maximum atomic E-state index is 4.49. The van der Waals surface area contributed by atoms with Crippen molar-refractivity contribution in [3.63, 3.8) is 0 Å². The lowest BCUT2D eigenvalue weighted by Crippen LogP contribution is -2.15. The average molecular weight is 495 g/mol. The zero-order valence-corrected chi connectivity index (χ0v) is 22.1. The molecule has 6 heteroatoms. The summed E-state index contributed by atoms with van der Waals surface area (Å²) >= 11 is 0. The summed E-state index contributed by atoms with van der Waals surface area (Å²) in [5, 5.41) is 7.14. The minimum atomic E-state index is 0.863. The van der Waals surface area contributed by atoms with E-state index in [1.54, 1.807) is 0 Å². The summed E-state index contributed by atoms with van der Waals surface area (Å²) < 4.78 is 0. The van der Waals surface area contributed by atoms with Crippen LogP contribution in [0.5, 0.6) is 0 Å². The third-order valence-electron chi connectivity index (χ3n) is 6.37. The van der Waals surface area contributed by atoms with Crippen LogP contribution in [0, 0.1) is 13.8 Å². The second-order valence-electron chi connectivity index (χ2n) is 9.66. The number of hydrogen-bond donors (Lipinski definition) is 2. The lowest BCUT2D eigenvalue weighted by atomic mass is 10.1. The van der Waals surface area contributed by atoms with Crippen LogP contribution < -0.4 is 10.6 Å². The molecular weight excluding hydrogens is 456 g/mol. The number of aromatic nitrogens is 4. The Bertz CT molecular complexity index is 1160. The van der Waals surface area contributed by atoms with Crippen LogP contribution in [0.4, 0.5) is 0 Å². The van der Waals surface area contributed by atoms with Crippen molar-refractivity contribution in [1.29, 1.82) is 0 Å². The van der Waals surface area contributed by atoms with E-state index in [0.29, 0.717) is 0 Å². The second kappa shape index (κ2) is 14.3. The summed E-state index contributed by atoms with van der Waals surface area (Å²) in [7, 11) is 0. The van der Waals surface area contributed by atoms with Gasteiger partial charge in [-0.15, -0.1) is 0 Å². The van der Waals surface area contributed by atoms with Crippen molar-refractivity contribution >= 4 is 0 Å². The van der Waals surface area contributed by atoms with Gasteiger partial charge in [-0.1, -0.05) is 19.3 Å². The van der Waals surface area contributed by atoms with Crippen molar-refractivity contribution in [2.24, 2.45) is 0 Å². The van der Waals surface area contributed by atoms with Gasteiger partial charge in [0.2, 0.25) is 0 Å². The van der Waals surface area contributed by atoms with Crippen molar-refractivity contribution in [2.75, 3.05) is 13.1 Å². The first-order valence-electron chi connectivity index (χ1n) is 13.3. The fraction of sp³-hybridized carbons (Fsp3) is 0.355. The van der Waals surface area contributed by atoms with E-state index >= 15 is 0 Å². The smallest absolute Gasteiger partial charge is 0.0889 e. The van der Waals surface area contributed by atoms with E-state index in [-0.39, 0.29) is 0 Å². The summed E-state index contributed by atoms with van der Waals surface area (Å²) in [6, 6.07) is 16.6. The van der Waals surface area contributed by atoms with E-state index in [1.165, 1.54) is 54.4 Å². The van der Waals surface area contributed by atoms with E-state index < -0.39 is 0 Å². The lowest BCUT2D eigenvalue weighted by molar-refractivity contribution is 0.555. The van der Waals surface area contributed by atoms with Crippen LogP contribution in [0.2, 0.25) is 0 Å². The van der Waals surface area contributed by atoms with Gasteiger partial charge in [-0.3, -0.25) is 19.9 Å². The number of rotatable bonds is 14. The van der Waals surface area contributed by atoms with Gasteiger partial charge >= 0.3 is 0 Å². The quantitative estimate of drug-likeness (QED) is 0.208. The SMILES string of the molecule is Cc1ccnc(-c2cc(CNCCCCCCCNCc3ccnc(-c4cc(C)ccn4)c3)ccn2)c1. The van der Waals surface area contributed by atoms with Crippen LogP contribution in [0.3, 0.4) is 0 Å². The number of aryl methyl sites for hydroxylation is 2. The van der Waals surface area contributed by atoms with E-state index in [9.17, 15) is 0 Å². The van der Waals surface area contributed by atoms with Crippen LogP contribution >= 0.6 is 0 Å². The van der Waals surface area contributed by atoms with Gasteiger partial charge in [0.15, 0.2) is 0 Å². The van der Waals surface area contributed by atoms with E-state index in [0.717, 1.165) is 49.0 Å². The Hall–Kier alpha value is -3.48. The number of hydrogen-bond acceptors (Lipinski definition) is 6. The number of nitrogens with one attached hydrogen (secondary N) is 2. The Morgan fingerprint density at radius 3 is 1.30 bits per heavy atom. The summed E-state index contributed by atoms with van der Waals surface area (Å²) in [6.45, 7) is 7.97. The molecule has 4 rings (SSSR count). The molecule has 0 bridgehead atoms. The molecule has 0 spiro atoms. The van der Waals surface area contributed by atoms with Crippen LogP contribution in [0.1, 0.15) is 54.4 Å². The predicted octanol–water partition coefficient (Wildman–Crippen LogP) is 6.05. The molecule has 0 fully saturated rings. The van der Waals surface area contributed by atoms with Crippen molar-refractivity contribution < 1.29 is 0 Å². The minimum Gasteiger partial charge on any atom is -0.313 e. The molecule has 0 radical (unpaired) electrons. The first-order valence-corrected chi connectivity index (χ1v) is 13.3. The molecule has 0 saturated heterocycles. The van der Waals surface area contributed by atoms with Crippen LogP contribution in [0.25, 0.3) is 22.8 Å². The maximum absolute atomic E-state index is 4.49. The predicted molar refractivity (Wildman–Crippen MR) is 151 cm³/mol. The molecule has 0 amide bonds. The van der Waals surface area contributed by atoms with Crippen molar-refractivity contribution in [3.05, 3.63) is 95.6 Å². The Kier molecular flexibility index (Phi) is 10.3. The molecule has 0 unspecified atom stereocenters. The van der Waals surface area contributed by atoms with Crippen molar-refractivity contribution in [2.45, 2.75) is 59.0 Å². The summed E-state index contributed by atoms with van der Waals surface area (Å²) in [4.78, 5) is 17.9. The van der Waals surface area contributed by atoms with Gasteiger partial charge in [-0.2, -0.15) is 0 Å². The molecule has 0 aromatic carbocycles. The van der Waals surface area contributed by atoms with Gasteiger partial charge in [-0.25, -0.2) is 0 Å². The molecule has 0 aliphatic rings. The third-order valence-corrected chi connectivity index (χ3v) is 6.37. The standard InChI is InChI=1S/C31H38N6/c1-24-8-14-34-28(18-24)30-20-26(10-16-36-30)22-32-12-6-4-3-5-7-13-33-23-27-11-17-37-31(21-27)29-19-25(2)9-15-35-29/h8-11,14-21,32-33H,3-7,12-13,22-23H2,1-2H3. The maximum Gasteiger partial charge on any atom is 0.0889 e. The molecule has 4 aromatic rings. The first kappa shape index (κ1) is 26.6. The Labute approximate surface area is 221 Å². The van der Waals surface area contributed by atoms with Gasteiger partial charge in [0.1, 0.15) is 0 Å². The molecule has 192 valence electrons. The number of pyridine rings is 4. The molecule has 0 aliphatic heterocycles. The number of nitrogens with zero attached hydrogens (tertiary/aromatic N) is 4. The molecule has 6 nitrogen and oxygen atoms in total. The van der Waals surface area contributed by atoms with Gasteiger partial charge in [0.05, 0.1) is 22.8 Å². The molecule has 4 heterocycles. The molecule has 0 aliphatic carbocycles. The van der Waals surface area contributed by atoms with Gasteiger partial charge in [-0.05, 0) is 111 Å². The fourth-order valence-electron chi connectivity index (χ4n) is 4.30. The normalized spacial score (nSPS) is 11.1. The molecule has 2 N–H and O–H groups in total. The third kappa shape index (κ3) is 8.85. The molecular formula is C31H38N6. The molecule has 4 aromatic heterocycles. The van der Waals surface area contributed by atoms with Crippen LogP contribution in [-0.2, 0) is 13.1 Å². The topological polar surface area (TPSA) is 75.6 Å². The number of unbranched alkanes of at least 4 members (excludes halogenated alkanes) is 4. The lowest BCUT2D eigenvalue weighted by Gasteiger charge is -2.08. The Morgan fingerprint density at radius 1 is 0.486 bits per heavy atom. The molecule has 0 saturated carbocycles.